The summed E-state index contributed by atoms with van der Waals surface area (Å²) in [6.45, 7) is 5.90. The summed E-state index contributed by atoms with van der Waals surface area (Å²) < 4.78 is 5.11. The Morgan fingerprint density at radius 2 is 1.96 bits per heavy atom. The van der Waals surface area contributed by atoms with Gasteiger partial charge in [-0.25, -0.2) is 4.79 Å². The van der Waals surface area contributed by atoms with Gasteiger partial charge in [-0.3, -0.25) is 4.79 Å². The summed E-state index contributed by atoms with van der Waals surface area (Å²) in [5, 5.41) is 14.2. The zero-order valence-electron chi connectivity index (χ0n) is 14.5. The van der Waals surface area contributed by atoms with Crippen LogP contribution in [0.1, 0.15) is 39.2 Å². The number of hydrogen-bond donors (Lipinski definition) is 2. The lowest BCUT2D eigenvalue weighted by Gasteiger charge is -2.19. The van der Waals surface area contributed by atoms with Crippen LogP contribution in [0.15, 0.2) is 30.3 Å². The zero-order valence-corrected chi connectivity index (χ0v) is 14.5. The number of nitrogens with zero attached hydrogens (tertiary/aromatic N) is 1. The Morgan fingerprint density at radius 1 is 1.29 bits per heavy atom. The minimum absolute atomic E-state index is 0.0916. The number of benzene rings is 1. The van der Waals surface area contributed by atoms with E-state index in [4.69, 9.17) is 10.00 Å². The van der Waals surface area contributed by atoms with Crippen LogP contribution in [0, 0.1) is 17.2 Å². The van der Waals surface area contributed by atoms with E-state index in [1.165, 1.54) is 0 Å². The molecule has 2 N–H and O–H groups in total. The van der Waals surface area contributed by atoms with Gasteiger partial charge in [-0.15, -0.1) is 0 Å². The minimum Gasteiger partial charge on any atom is -0.445 e. The molecule has 130 valence electrons. The van der Waals surface area contributed by atoms with Crippen LogP contribution in [-0.4, -0.2) is 24.1 Å². The second-order valence-electron chi connectivity index (χ2n) is 6.37. The molecule has 6 heteroatoms. The van der Waals surface area contributed by atoms with E-state index < -0.39 is 11.6 Å². The Morgan fingerprint density at radius 3 is 2.58 bits per heavy atom. The van der Waals surface area contributed by atoms with Gasteiger partial charge in [-0.1, -0.05) is 37.3 Å². The topological polar surface area (TPSA) is 91.2 Å². The molecule has 0 aliphatic rings. The lowest BCUT2D eigenvalue weighted by atomic mass is 10.0. The average molecular weight is 331 g/mol. The summed E-state index contributed by atoms with van der Waals surface area (Å²) in [4.78, 5) is 23.4. The van der Waals surface area contributed by atoms with Gasteiger partial charge in [0.05, 0.1) is 6.07 Å². The van der Waals surface area contributed by atoms with Crippen molar-refractivity contribution in [3.8, 4) is 6.07 Å². The molecule has 0 radical (unpaired) electrons. The number of carbonyl (C=O) groups excluding carboxylic acids is 2. The molecule has 1 aromatic rings. The second kappa shape index (κ2) is 9.56. The number of ether oxygens (including phenoxy) is 1. The molecule has 1 rings (SSSR count). The van der Waals surface area contributed by atoms with Crippen molar-refractivity contribution >= 4 is 12.0 Å². The molecule has 6 nitrogen and oxygen atoms in total. The Kier molecular flexibility index (Phi) is 7.76. The minimum atomic E-state index is -0.865. The van der Waals surface area contributed by atoms with Crippen LogP contribution in [0.25, 0.3) is 0 Å². The van der Waals surface area contributed by atoms with Crippen LogP contribution in [0.2, 0.25) is 0 Å². The van der Waals surface area contributed by atoms with Gasteiger partial charge in [0.15, 0.2) is 0 Å². The highest BCUT2D eigenvalue weighted by Crippen LogP contribution is 2.08. The van der Waals surface area contributed by atoms with Gasteiger partial charge in [0.25, 0.3) is 0 Å². The molecule has 1 atom stereocenters. The fourth-order valence-corrected chi connectivity index (χ4v) is 2.04. The molecule has 1 aromatic carbocycles. The maximum absolute atomic E-state index is 11.8. The van der Waals surface area contributed by atoms with Gasteiger partial charge in [-0.05, 0) is 31.7 Å². The van der Waals surface area contributed by atoms with Crippen molar-refractivity contribution in [2.24, 2.45) is 5.92 Å². The van der Waals surface area contributed by atoms with E-state index in [9.17, 15) is 9.59 Å². The molecule has 1 unspecified atom stereocenters. The summed E-state index contributed by atoms with van der Waals surface area (Å²) in [6.07, 6.45) is 0.494. The fourth-order valence-electron chi connectivity index (χ4n) is 2.04. The summed E-state index contributed by atoms with van der Waals surface area (Å²) in [5.41, 5.74) is 0.0637. The van der Waals surface area contributed by atoms with Crippen LogP contribution < -0.4 is 10.6 Å². The van der Waals surface area contributed by atoms with Crippen LogP contribution in [0.4, 0.5) is 4.79 Å². The highest BCUT2D eigenvalue weighted by atomic mass is 16.5. The molecule has 0 bridgehead atoms. The number of nitriles is 1. The van der Waals surface area contributed by atoms with Crippen molar-refractivity contribution in [3.63, 3.8) is 0 Å². The Balaban J connectivity index is 2.18. The predicted octanol–water partition coefficient (Wildman–Crippen LogP) is 2.75. The van der Waals surface area contributed by atoms with Crippen molar-refractivity contribution in [2.45, 2.75) is 45.8 Å². The van der Waals surface area contributed by atoms with Crippen molar-refractivity contribution < 1.29 is 14.3 Å². The fraction of sp³-hybridized carbons (Fsp3) is 0.500. The van der Waals surface area contributed by atoms with Crippen LogP contribution in [0.5, 0.6) is 0 Å². The summed E-state index contributed by atoms with van der Waals surface area (Å²) in [6, 6.07) is 11.5. The van der Waals surface area contributed by atoms with Crippen molar-refractivity contribution in [1.82, 2.24) is 10.6 Å². The molecule has 0 heterocycles. The van der Waals surface area contributed by atoms with Gasteiger partial charge in [-0.2, -0.15) is 5.26 Å². The molecule has 24 heavy (non-hydrogen) atoms. The lowest BCUT2D eigenvalue weighted by Crippen LogP contribution is -2.42. The third-order valence-electron chi connectivity index (χ3n) is 3.38. The third kappa shape index (κ3) is 8.18. The number of rotatable bonds is 8. The van der Waals surface area contributed by atoms with E-state index in [0.717, 1.165) is 5.56 Å². The second-order valence-corrected chi connectivity index (χ2v) is 6.37. The molecule has 0 fully saturated rings. The first-order chi connectivity index (χ1) is 11.3. The van der Waals surface area contributed by atoms with Crippen LogP contribution >= 0.6 is 0 Å². The first kappa shape index (κ1) is 19.5. The maximum Gasteiger partial charge on any atom is 0.407 e. The smallest absolute Gasteiger partial charge is 0.407 e. The lowest BCUT2D eigenvalue weighted by molar-refractivity contribution is -0.123. The molecular weight excluding hydrogens is 306 g/mol. The van der Waals surface area contributed by atoms with E-state index in [-0.39, 0.29) is 18.4 Å². The Hall–Kier alpha value is -2.55. The van der Waals surface area contributed by atoms with Gasteiger partial charge >= 0.3 is 6.09 Å². The van der Waals surface area contributed by atoms with E-state index in [2.05, 4.69) is 10.6 Å². The van der Waals surface area contributed by atoms with Crippen molar-refractivity contribution in [1.29, 1.82) is 5.26 Å². The first-order valence-corrected chi connectivity index (χ1v) is 7.99. The van der Waals surface area contributed by atoms with E-state index in [1.54, 1.807) is 13.8 Å². The number of nitrogens with one attached hydrogen (secondary N) is 2. The summed E-state index contributed by atoms with van der Waals surface area (Å²) in [7, 11) is 0. The normalized spacial score (nSPS) is 11.9. The molecule has 0 aromatic heterocycles. The van der Waals surface area contributed by atoms with Crippen molar-refractivity contribution in [2.75, 3.05) is 6.54 Å². The predicted molar refractivity (Wildman–Crippen MR) is 90.9 cm³/mol. The van der Waals surface area contributed by atoms with Gasteiger partial charge in [0.1, 0.15) is 12.1 Å². The highest BCUT2D eigenvalue weighted by Gasteiger charge is 2.20. The Labute approximate surface area is 143 Å². The zero-order chi connectivity index (χ0) is 18.0. The first-order valence-electron chi connectivity index (χ1n) is 7.99. The molecular formula is C18H25N3O3. The monoisotopic (exact) mass is 331 g/mol. The van der Waals surface area contributed by atoms with E-state index in [0.29, 0.717) is 19.4 Å². The SMILES string of the molecule is CC(CCNC(=O)OCc1ccccc1)CC(=O)NC(C)(C)C#N. The van der Waals surface area contributed by atoms with Crippen LogP contribution in [-0.2, 0) is 16.1 Å². The van der Waals surface area contributed by atoms with Gasteiger partial charge in [0.2, 0.25) is 5.91 Å². The number of alkyl carbamates (subject to hydrolysis) is 1. The van der Waals surface area contributed by atoms with Gasteiger partial charge in [0, 0.05) is 13.0 Å². The summed E-state index contributed by atoms with van der Waals surface area (Å²) >= 11 is 0. The molecule has 2 amide bonds. The summed E-state index contributed by atoms with van der Waals surface area (Å²) in [5.74, 6) is -0.0744. The molecule has 0 saturated carbocycles. The standard InChI is InChI=1S/C18H25N3O3/c1-14(11-16(22)21-18(2,3)13-19)9-10-20-17(23)24-12-15-7-5-4-6-8-15/h4-8,14H,9-12H2,1-3H3,(H,20,23)(H,21,22). The molecule has 0 saturated heterocycles. The molecule has 0 aliphatic carbocycles. The Bertz CT molecular complexity index is 579. The van der Waals surface area contributed by atoms with E-state index >= 15 is 0 Å². The quantitative estimate of drug-likeness (QED) is 0.766. The largest absolute Gasteiger partial charge is 0.445 e. The number of carbonyl (C=O) groups is 2. The molecule has 0 spiro atoms. The number of hydrogen-bond acceptors (Lipinski definition) is 4. The number of amides is 2. The maximum atomic E-state index is 11.8. The van der Waals surface area contributed by atoms with E-state index in [1.807, 2.05) is 43.3 Å². The third-order valence-corrected chi connectivity index (χ3v) is 3.38. The van der Waals surface area contributed by atoms with Crippen LogP contribution in [0.3, 0.4) is 0 Å². The highest BCUT2D eigenvalue weighted by molar-refractivity contribution is 5.77. The van der Waals surface area contributed by atoms with Gasteiger partial charge < -0.3 is 15.4 Å². The van der Waals surface area contributed by atoms with Crippen molar-refractivity contribution in [3.05, 3.63) is 35.9 Å². The average Bonchev–Trinajstić information content (AvgIpc) is 2.53. The molecule has 0 aliphatic heterocycles.